The first-order valence-corrected chi connectivity index (χ1v) is 7.00. The molecule has 1 saturated carbocycles. The second kappa shape index (κ2) is 6.89. The molecule has 1 aromatic rings. The molecular formula is C15H24N2O2. The van der Waals surface area contributed by atoms with Gasteiger partial charge >= 0.3 is 0 Å². The van der Waals surface area contributed by atoms with Gasteiger partial charge in [0.15, 0.2) is 0 Å². The van der Waals surface area contributed by atoms with Crippen molar-refractivity contribution in [3.63, 3.8) is 0 Å². The van der Waals surface area contributed by atoms with Gasteiger partial charge in [-0.2, -0.15) is 0 Å². The van der Waals surface area contributed by atoms with E-state index in [1.807, 2.05) is 12.1 Å². The summed E-state index contributed by atoms with van der Waals surface area (Å²) in [4.78, 5) is 2.35. The van der Waals surface area contributed by atoms with Crippen molar-refractivity contribution in [1.82, 2.24) is 4.90 Å². The number of benzene rings is 1. The van der Waals surface area contributed by atoms with Crippen molar-refractivity contribution in [1.29, 1.82) is 0 Å². The lowest BCUT2D eigenvalue weighted by atomic mass is 9.89. The van der Waals surface area contributed by atoms with Crippen molar-refractivity contribution >= 4 is 0 Å². The summed E-state index contributed by atoms with van der Waals surface area (Å²) in [6.45, 7) is 1.45. The Morgan fingerprint density at radius 1 is 1.37 bits per heavy atom. The molecule has 0 amide bonds. The van der Waals surface area contributed by atoms with Crippen LogP contribution in [-0.4, -0.2) is 42.9 Å². The van der Waals surface area contributed by atoms with Crippen molar-refractivity contribution in [2.45, 2.75) is 31.3 Å². The van der Waals surface area contributed by atoms with Crippen LogP contribution in [0.25, 0.3) is 0 Å². The summed E-state index contributed by atoms with van der Waals surface area (Å²) in [5.41, 5.74) is 7.17. The summed E-state index contributed by atoms with van der Waals surface area (Å²) in [6, 6.07) is 8.83. The summed E-state index contributed by atoms with van der Waals surface area (Å²) >= 11 is 0. The van der Waals surface area contributed by atoms with E-state index in [1.165, 1.54) is 24.8 Å². The summed E-state index contributed by atoms with van der Waals surface area (Å²) in [5.74, 6) is 0.858. The Bertz CT molecular complexity index is 376. The molecule has 4 heteroatoms. The second-order valence-corrected chi connectivity index (χ2v) is 5.07. The maximum Gasteiger partial charge on any atom is 0.118 e. The van der Waals surface area contributed by atoms with Crippen molar-refractivity contribution < 1.29 is 9.84 Å². The molecule has 0 heterocycles. The summed E-state index contributed by atoms with van der Waals surface area (Å²) in [5, 5.41) is 9.28. The Labute approximate surface area is 115 Å². The number of aliphatic hydroxyl groups is 1. The first-order valence-electron chi connectivity index (χ1n) is 7.00. The molecule has 1 aliphatic carbocycles. The standard InChI is InChI=1S/C15H24N2O2/c1-19-14-7-5-12(6-8-14)15(11-16)17(9-10-18)13-3-2-4-13/h5-8,13,15,18H,2-4,9-11,16H2,1H3. The minimum Gasteiger partial charge on any atom is -0.497 e. The van der Waals surface area contributed by atoms with E-state index in [0.717, 1.165) is 5.75 Å². The predicted molar refractivity (Wildman–Crippen MR) is 76.2 cm³/mol. The maximum atomic E-state index is 9.28. The predicted octanol–water partition coefficient (Wildman–Crippen LogP) is 1.54. The van der Waals surface area contributed by atoms with Crippen LogP contribution < -0.4 is 10.5 Å². The van der Waals surface area contributed by atoms with Crippen molar-refractivity contribution in [3.8, 4) is 5.75 Å². The fourth-order valence-electron chi connectivity index (χ4n) is 2.72. The largest absolute Gasteiger partial charge is 0.497 e. The number of hydrogen-bond donors (Lipinski definition) is 2. The number of rotatable bonds is 7. The molecule has 4 nitrogen and oxygen atoms in total. The first kappa shape index (κ1) is 14.3. The van der Waals surface area contributed by atoms with Gasteiger partial charge in [0, 0.05) is 25.2 Å². The number of aliphatic hydroxyl groups excluding tert-OH is 1. The normalized spacial score (nSPS) is 17.3. The molecule has 0 radical (unpaired) electrons. The number of ether oxygens (including phenoxy) is 1. The molecular weight excluding hydrogens is 240 g/mol. The number of nitrogens with two attached hydrogens (primary N) is 1. The van der Waals surface area contributed by atoms with Gasteiger partial charge in [0.05, 0.1) is 13.7 Å². The van der Waals surface area contributed by atoms with Gasteiger partial charge in [-0.05, 0) is 30.5 Å². The molecule has 0 spiro atoms. The van der Waals surface area contributed by atoms with Gasteiger partial charge in [-0.25, -0.2) is 0 Å². The fraction of sp³-hybridized carbons (Fsp3) is 0.600. The Kier molecular flexibility index (Phi) is 5.19. The third kappa shape index (κ3) is 3.26. The SMILES string of the molecule is COc1ccc(C(CN)N(CCO)C2CCC2)cc1. The highest BCUT2D eigenvalue weighted by Gasteiger charge is 2.30. The number of methoxy groups -OCH3 is 1. The number of hydrogen-bond acceptors (Lipinski definition) is 4. The van der Waals surface area contributed by atoms with Crippen LogP contribution in [0.5, 0.6) is 5.75 Å². The zero-order chi connectivity index (χ0) is 13.7. The highest BCUT2D eigenvalue weighted by molar-refractivity contribution is 5.29. The molecule has 1 aromatic carbocycles. The molecule has 1 aliphatic rings. The molecule has 1 atom stereocenters. The van der Waals surface area contributed by atoms with Crippen LogP contribution in [0.3, 0.4) is 0 Å². The zero-order valence-electron chi connectivity index (χ0n) is 11.6. The Morgan fingerprint density at radius 3 is 2.47 bits per heavy atom. The first-order chi connectivity index (χ1) is 9.30. The van der Waals surface area contributed by atoms with E-state index in [9.17, 15) is 5.11 Å². The average Bonchev–Trinajstić information content (AvgIpc) is 2.38. The van der Waals surface area contributed by atoms with E-state index < -0.39 is 0 Å². The lowest BCUT2D eigenvalue weighted by molar-refractivity contribution is 0.0623. The average molecular weight is 264 g/mol. The van der Waals surface area contributed by atoms with E-state index >= 15 is 0 Å². The van der Waals surface area contributed by atoms with Crippen LogP contribution in [0.15, 0.2) is 24.3 Å². The third-order valence-corrected chi connectivity index (χ3v) is 4.03. The van der Waals surface area contributed by atoms with Crippen LogP contribution in [0.4, 0.5) is 0 Å². The Hall–Kier alpha value is -1.10. The smallest absolute Gasteiger partial charge is 0.118 e. The van der Waals surface area contributed by atoms with Crippen LogP contribution >= 0.6 is 0 Å². The molecule has 2 rings (SSSR count). The highest BCUT2D eigenvalue weighted by Crippen LogP contribution is 2.32. The number of nitrogens with zero attached hydrogens (tertiary/aromatic N) is 1. The second-order valence-electron chi connectivity index (χ2n) is 5.07. The quantitative estimate of drug-likeness (QED) is 0.784. The maximum absolute atomic E-state index is 9.28. The van der Waals surface area contributed by atoms with Crippen molar-refractivity contribution in [2.75, 3.05) is 26.8 Å². The van der Waals surface area contributed by atoms with Crippen LogP contribution in [0.1, 0.15) is 30.9 Å². The topological polar surface area (TPSA) is 58.7 Å². The van der Waals surface area contributed by atoms with Gasteiger partial charge in [0.25, 0.3) is 0 Å². The van der Waals surface area contributed by atoms with Crippen LogP contribution in [0.2, 0.25) is 0 Å². The monoisotopic (exact) mass is 264 g/mol. The molecule has 0 aromatic heterocycles. The zero-order valence-corrected chi connectivity index (χ0v) is 11.6. The molecule has 0 saturated heterocycles. The van der Waals surface area contributed by atoms with Crippen molar-refractivity contribution in [2.24, 2.45) is 5.73 Å². The Morgan fingerprint density at radius 2 is 2.05 bits per heavy atom. The molecule has 1 fully saturated rings. The van der Waals surface area contributed by atoms with Crippen LogP contribution in [0, 0.1) is 0 Å². The van der Waals surface area contributed by atoms with Gasteiger partial charge in [-0.1, -0.05) is 18.6 Å². The van der Waals surface area contributed by atoms with E-state index in [2.05, 4.69) is 17.0 Å². The molecule has 3 N–H and O–H groups in total. The van der Waals surface area contributed by atoms with Gasteiger partial charge in [0.2, 0.25) is 0 Å². The van der Waals surface area contributed by atoms with E-state index in [4.69, 9.17) is 10.5 Å². The van der Waals surface area contributed by atoms with Crippen molar-refractivity contribution in [3.05, 3.63) is 29.8 Å². The minimum atomic E-state index is 0.184. The Balaban J connectivity index is 2.14. The lowest BCUT2D eigenvalue weighted by Gasteiger charge is -2.42. The molecule has 0 bridgehead atoms. The third-order valence-electron chi connectivity index (χ3n) is 4.03. The van der Waals surface area contributed by atoms with Crippen LogP contribution in [-0.2, 0) is 0 Å². The molecule has 0 aliphatic heterocycles. The van der Waals surface area contributed by atoms with Gasteiger partial charge < -0.3 is 15.6 Å². The van der Waals surface area contributed by atoms with E-state index in [-0.39, 0.29) is 12.6 Å². The van der Waals surface area contributed by atoms with E-state index in [0.29, 0.717) is 19.1 Å². The van der Waals surface area contributed by atoms with Gasteiger partial charge in [0.1, 0.15) is 5.75 Å². The summed E-state index contributed by atoms with van der Waals surface area (Å²) in [6.07, 6.45) is 3.71. The lowest BCUT2D eigenvalue weighted by Crippen LogP contribution is -2.46. The van der Waals surface area contributed by atoms with E-state index in [1.54, 1.807) is 7.11 Å². The van der Waals surface area contributed by atoms with Gasteiger partial charge in [-0.3, -0.25) is 4.90 Å². The molecule has 19 heavy (non-hydrogen) atoms. The summed E-state index contributed by atoms with van der Waals surface area (Å²) < 4.78 is 5.19. The highest BCUT2D eigenvalue weighted by atomic mass is 16.5. The molecule has 106 valence electrons. The molecule has 1 unspecified atom stereocenters. The fourth-order valence-corrected chi connectivity index (χ4v) is 2.72. The van der Waals surface area contributed by atoms with Gasteiger partial charge in [-0.15, -0.1) is 0 Å². The summed E-state index contributed by atoms with van der Waals surface area (Å²) in [7, 11) is 1.67. The minimum absolute atomic E-state index is 0.184.